The van der Waals surface area contributed by atoms with Gasteiger partial charge in [0.15, 0.2) is 6.61 Å². The summed E-state index contributed by atoms with van der Waals surface area (Å²) in [5.74, 6) is -2.43. The molecule has 0 saturated heterocycles. The van der Waals surface area contributed by atoms with Gasteiger partial charge in [-0.05, 0) is 49.2 Å². The minimum Gasteiger partial charge on any atom is -0.454 e. The van der Waals surface area contributed by atoms with Crippen molar-refractivity contribution in [2.24, 2.45) is 0 Å². The van der Waals surface area contributed by atoms with E-state index in [0.717, 1.165) is 16.0 Å². The largest absolute Gasteiger partial charge is 0.454 e. The highest BCUT2D eigenvalue weighted by Gasteiger charge is 2.36. The summed E-state index contributed by atoms with van der Waals surface area (Å²) in [6, 6.07) is 11.9. The van der Waals surface area contributed by atoms with Crippen LogP contribution in [0.15, 0.2) is 42.5 Å². The molecule has 0 radical (unpaired) electrons. The summed E-state index contributed by atoms with van der Waals surface area (Å²) in [6.07, 6.45) is 0. The molecule has 1 aliphatic rings. The van der Waals surface area contributed by atoms with Gasteiger partial charge in [-0.1, -0.05) is 18.2 Å². The summed E-state index contributed by atoms with van der Waals surface area (Å²) < 4.78 is 4.90. The number of amides is 3. The van der Waals surface area contributed by atoms with Crippen molar-refractivity contribution in [3.63, 3.8) is 0 Å². The predicted molar refractivity (Wildman–Crippen MR) is 97.3 cm³/mol. The molecule has 0 fully saturated rings. The Morgan fingerprint density at radius 2 is 1.52 bits per heavy atom. The van der Waals surface area contributed by atoms with Crippen LogP contribution in [0, 0.1) is 13.8 Å². The van der Waals surface area contributed by atoms with Crippen molar-refractivity contribution in [1.82, 2.24) is 4.90 Å². The molecule has 0 aromatic heterocycles. The zero-order valence-electron chi connectivity index (χ0n) is 14.9. The lowest BCUT2D eigenvalue weighted by atomic mass is 10.1. The van der Waals surface area contributed by atoms with Gasteiger partial charge in [0.25, 0.3) is 17.7 Å². The van der Waals surface area contributed by atoms with Gasteiger partial charge >= 0.3 is 5.97 Å². The first-order valence-corrected chi connectivity index (χ1v) is 8.34. The van der Waals surface area contributed by atoms with Gasteiger partial charge in [0, 0.05) is 5.69 Å². The number of aryl methyl sites for hydroxylation is 2. The zero-order valence-corrected chi connectivity index (χ0v) is 14.9. The Kier molecular flexibility index (Phi) is 5.03. The van der Waals surface area contributed by atoms with E-state index in [-0.39, 0.29) is 11.1 Å². The molecule has 1 aliphatic heterocycles. The summed E-state index contributed by atoms with van der Waals surface area (Å²) in [5.41, 5.74) is 3.10. The molecule has 27 heavy (non-hydrogen) atoms. The standard InChI is InChI=1S/C20H18N2O5/c1-12-7-13(2)9-14(8-12)21-17(23)11-27-18(24)10-22-19(25)15-5-3-4-6-16(15)20(22)26/h3-9H,10-11H2,1-2H3,(H,21,23). The molecule has 0 atom stereocenters. The first-order chi connectivity index (χ1) is 12.8. The van der Waals surface area contributed by atoms with Gasteiger partial charge in [0.1, 0.15) is 6.54 Å². The van der Waals surface area contributed by atoms with Crippen molar-refractivity contribution in [2.45, 2.75) is 13.8 Å². The molecule has 2 aromatic rings. The number of carbonyl (C=O) groups is 4. The van der Waals surface area contributed by atoms with Crippen molar-refractivity contribution in [3.8, 4) is 0 Å². The number of fused-ring (bicyclic) bond motifs is 1. The molecule has 7 heteroatoms. The lowest BCUT2D eigenvalue weighted by Crippen LogP contribution is -2.36. The number of anilines is 1. The van der Waals surface area contributed by atoms with E-state index in [2.05, 4.69) is 5.32 Å². The van der Waals surface area contributed by atoms with E-state index in [4.69, 9.17) is 4.74 Å². The Morgan fingerprint density at radius 1 is 0.963 bits per heavy atom. The molecule has 1 heterocycles. The van der Waals surface area contributed by atoms with Gasteiger partial charge in [-0.3, -0.25) is 24.1 Å². The average molecular weight is 366 g/mol. The van der Waals surface area contributed by atoms with Gasteiger partial charge in [0.2, 0.25) is 0 Å². The minimum absolute atomic E-state index is 0.253. The third-order valence-corrected chi connectivity index (χ3v) is 4.04. The highest BCUT2D eigenvalue weighted by atomic mass is 16.5. The van der Waals surface area contributed by atoms with E-state index >= 15 is 0 Å². The lowest BCUT2D eigenvalue weighted by Gasteiger charge is -2.13. The number of carbonyl (C=O) groups excluding carboxylic acids is 4. The molecule has 0 bridgehead atoms. The van der Waals surface area contributed by atoms with Crippen LogP contribution in [-0.2, 0) is 14.3 Å². The number of nitrogens with zero attached hydrogens (tertiary/aromatic N) is 1. The number of rotatable bonds is 5. The van der Waals surface area contributed by atoms with Crippen LogP contribution >= 0.6 is 0 Å². The van der Waals surface area contributed by atoms with Crippen LogP contribution in [0.4, 0.5) is 5.69 Å². The van der Waals surface area contributed by atoms with E-state index in [1.165, 1.54) is 12.1 Å². The number of ether oxygens (including phenoxy) is 1. The van der Waals surface area contributed by atoms with E-state index < -0.39 is 36.8 Å². The fourth-order valence-electron chi connectivity index (χ4n) is 2.95. The molecule has 2 aromatic carbocycles. The van der Waals surface area contributed by atoms with Crippen molar-refractivity contribution < 1.29 is 23.9 Å². The number of hydrogen-bond donors (Lipinski definition) is 1. The molecule has 0 aliphatic carbocycles. The van der Waals surface area contributed by atoms with Gasteiger partial charge in [-0.2, -0.15) is 0 Å². The monoisotopic (exact) mass is 366 g/mol. The Labute approximate surface area is 155 Å². The Balaban J connectivity index is 1.54. The predicted octanol–water partition coefficient (Wildman–Crippen LogP) is 2.08. The number of benzene rings is 2. The van der Waals surface area contributed by atoms with Crippen LogP contribution in [0.25, 0.3) is 0 Å². The molecule has 7 nitrogen and oxygen atoms in total. The maximum absolute atomic E-state index is 12.2. The van der Waals surface area contributed by atoms with Crippen molar-refractivity contribution in [1.29, 1.82) is 0 Å². The van der Waals surface area contributed by atoms with Gasteiger partial charge in [0.05, 0.1) is 11.1 Å². The third kappa shape index (κ3) is 4.03. The van der Waals surface area contributed by atoms with Crippen LogP contribution in [0.1, 0.15) is 31.8 Å². The van der Waals surface area contributed by atoms with E-state index in [9.17, 15) is 19.2 Å². The second-order valence-electron chi connectivity index (χ2n) is 6.33. The minimum atomic E-state index is -0.833. The second kappa shape index (κ2) is 7.41. The summed E-state index contributed by atoms with van der Waals surface area (Å²) in [4.78, 5) is 49.1. The van der Waals surface area contributed by atoms with Gasteiger partial charge in [-0.15, -0.1) is 0 Å². The fourth-order valence-corrected chi connectivity index (χ4v) is 2.95. The zero-order chi connectivity index (χ0) is 19.6. The quantitative estimate of drug-likeness (QED) is 0.646. The van der Waals surface area contributed by atoms with Crippen LogP contribution in [0.3, 0.4) is 0 Å². The Hall–Kier alpha value is -3.48. The summed E-state index contributed by atoms with van der Waals surface area (Å²) in [5, 5.41) is 2.64. The number of esters is 1. The first kappa shape index (κ1) is 18.3. The van der Waals surface area contributed by atoms with Crippen molar-refractivity contribution >= 4 is 29.4 Å². The van der Waals surface area contributed by atoms with Gasteiger partial charge < -0.3 is 10.1 Å². The average Bonchev–Trinajstić information content (AvgIpc) is 2.84. The first-order valence-electron chi connectivity index (χ1n) is 8.34. The number of imide groups is 1. The second-order valence-corrected chi connectivity index (χ2v) is 6.33. The van der Waals surface area contributed by atoms with Crippen LogP contribution in [0.5, 0.6) is 0 Å². The molecule has 3 amide bonds. The van der Waals surface area contributed by atoms with E-state index in [0.29, 0.717) is 5.69 Å². The molecule has 0 saturated carbocycles. The lowest BCUT2D eigenvalue weighted by molar-refractivity contribution is -0.147. The molecule has 1 N–H and O–H groups in total. The summed E-state index contributed by atoms with van der Waals surface area (Å²) >= 11 is 0. The molecular formula is C20H18N2O5. The summed E-state index contributed by atoms with van der Waals surface area (Å²) in [7, 11) is 0. The maximum Gasteiger partial charge on any atom is 0.326 e. The van der Waals surface area contributed by atoms with E-state index in [1.54, 1.807) is 24.3 Å². The third-order valence-electron chi connectivity index (χ3n) is 4.04. The normalized spacial score (nSPS) is 12.7. The summed E-state index contributed by atoms with van der Waals surface area (Å²) in [6.45, 7) is 2.77. The maximum atomic E-state index is 12.2. The van der Waals surface area contributed by atoms with Crippen molar-refractivity contribution in [2.75, 3.05) is 18.5 Å². The highest BCUT2D eigenvalue weighted by molar-refractivity contribution is 6.22. The molecule has 3 rings (SSSR count). The number of nitrogens with one attached hydrogen (secondary N) is 1. The van der Waals surface area contributed by atoms with Crippen LogP contribution < -0.4 is 5.32 Å². The van der Waals surface area contributed by atoms with Crippen LogP contribution in [0.2, 0.25) is 0 Å². The fraction of sp³-hybridized carbons (Fsp3) is 0.200. The molecule has 0 spiro atoms. The Bertz CT molecular complexity index is 896. The molecule has 0 unspecified atom stereocenters. The van der Waals surface area contributed by atoms with Crippen LogP contribution in [-0.4, -0.2) is 41.7 Å². The molecule has 138 valence electrons. The number of hydrogen-bond acceptors (Lipinski definition) is 5. The Morgan fingerprint density at radius 3 is 2.07 bits per heavy atom. The molecular weight excluding hydrogens is 348 g/mol. The topological polar surface area (TPSA) is 92.8 Å². The SMILES string of the molecule is Cc1cc(C)cc(NC(=O)COC(=O)CN2C(=O)c3ccccc3C2=O)c1. The highest BCUT2D eigenvalue weighted by Crippen LogP contribution is 2.22. The van der Waals surface area contributed by atoms with Crippen molar-refractivity contribution in [3.05, 3.63) is 64.7 Å². The van der Waals surface area contributed by atoms with Gasteiger partial charge in [-0.25, -0.2) is 0 Å². The smallest absolute Gasteiger partial charge is 0.326 e. The van der Waals surface area contributed by atoms with E-state index in [1.807, 2.05) is 19.9 Å².